The van der Waals surface area contributed by atoms with Crippen LogP contribution in [0.15, 0.2) is 146 Å². The molecule has 0 saturated carbocycles. The van der Waals surface area contributed by atoms with E-state index in [-0.39, 0.29) is 0 Å². The third kappa shape index (κ3) is 3.83. The maximum Gasteiger partial charge on any atom is 0.137 e. The minimum atomic E-state index is 0.948. The largest absolute Gasteiger partial charge is 0.299 e. The Kier molecular flexibility index (Phi) is 5.35. The molecule has 0 atom stereocenters. The lowest BCUT2D eigenvalue weighted by Crippen LogP contribution is -1.89. The quantitative estimate of drug-likeness (QED) is 0.222. The summed E-state index contributed by atoms with van der Waals surface area (Å²) in [5.41, 5.74) is 10.2. The Hall–Kier alpha value is -4.99. The first kappa shape index (κ1) is 22.9. The van der Waals surface area contributed by atoms with Gasteiger partial charge in [0.25, 0.3) is 0 Å². The van der Waals surface area contributed by atoms with Crippen LogP contribution < -0.4 is 0 Å². The number of nitrogens with zero attached hydrogens (tertiary/aromatic N) is 2. The van der Waals surface area contributed by atoms with Gasteiger partial charge in [-0.2, -0.15) is 0 Å². The molecule has 0 aliphatic rings. The molecule has 5 aromatic carbocycles. The zero-order valence-electron chi connectivity index (χ0n) is 21.7. The third-order valence-electron chi connectivity index (χ3n) is 7.64. The number of aromatic nitrogens is 2. The fourth-order valence-electron chi connectivity index (χ4n) is 5.67. The van der Waals surface area contributed by atoms with E-state index in [0.29, 0.717) is 0 Å². The first-order valence-electron chi connectivity index (χ1n) is 13.5. The van der Waals surface area contributed by atoms with Gasteiger partial charge in [0.1, 0.15) is 5.65 Å². The van der Waals surface area contributed by atoms with E-state index < -0.39 is 0 Å². The van der Waals surface area contributed by atoms with Crippen LogP contribution >= 0.6 is 11.3 Å². The van der Waals surface area contributed by atoms with Gasteiger partial charge < -0.3 is 0 Å². The maximum absolute atomic E-state index is 5.02. The standard InChI is InChI=1S/C37H24N2S/c1-2-9-27(10-3-1)37-36(38-35-15-6-7-22-39(35)37)26-18-16-25(17-19-26)28-11-8-12-29(23-28)30-20-21-32-31-13-4-5-14-33(31)40-34(32)24-30/h1-24H. The second-order valence-electron chi connectivity index (χ2n) is 10.1. The van der Waals surface area contributed by atoms with Gasteiger partial charge in [-0.05, 0) is 52.6 Å². The van der Waals surface area contributed by atoms with Gasteiger partial charge in [-0.25, -0.2) is 4.98 Å². The van der Waals surface area contributed by atoms with E-state index >= 15 is 0 Å². The number of thiophene rings is 1. The molecule has 40 heavy (non-hydrogen) atoms. The highest BCUT2D eigenvalue weighted by atomic mass is 32.1. The van der Waals surface area contributed by atoms with Crippen LogP contribution in [0, 0.1) is 0 Å². The van der Waals surface area contributed by atoms with Crippen LogP contribution in [0.4, 0.5) is 0 Å². The summed E-state index contributed by atoms with van der Waals surface area (Å²) in [6, 6.07) is 49.8. The molecule has 8 aromatic rings. The van der Waals surface area contributed by atoms with E-state index in [1.54, 1.807) is 0 Å². The number of hydrogen-bond acceptors (Lipinski definition) is 2. The Bertz CT molecular complexity index is 2150. The van der Waals surface area contributed by atoms with Crippen LogP contribution in [0.1, 0.15) is 0 Å². The number of fused-ring (bicyclic) bond motifs is 4. The lowest BCUT2D eigenvalue weighted by molar-refractivity contribution is 1.19. The molecule has 2 nitrogen and oxygen atoms in total. The van der Waals surface area contributed by atoms with Crippen molar-refractivity contribution in [2.24, 2.45) is 0 Å². The molecule has 0 radical (unpaired) electrons. The lowest BCUT2D eigenvalue weighted by atomic mass is 9.97. The first-order chi connectivity index (χ1) is 19.8. The molecule has 0 fully saturated rings. The van der Waals surface area contributed by atoms with E-state index in [4.69, 9.17) is 4.98 Å². The summed E-state index contributed by atoms with van der Waals surface area (Å²) in [5.74, 6) is 0. The van der Waals surface area contributed by atoms with Gasteiger partial charge in [0, 0.05) is 37.5 Å². The molecule has 8 rings (SSSR count). The van der Waals surface area contributed by atoms with Crippen molar-refractivity contribution >= 4 is 37.2 Å². The molecule has 0 spiro atoms. The minimum absolute atomic E-state index is 0.948. The van der Waals surface area contributed by atoms with E-state index in [0.717, 1.165) is 28.2 Å². The topological polar surface area (TPSA) is 17.3 Å². The van der Waals surface area contributed by atoms with Crippen molar-refractivity contribution in [2.45, 2.75) is 0 Å². The van der Waals surface area contributed by atoms with Crippen molar-refractivity contribution in [1.82, 2.24) is 9.38 Å². The molecule has 0 N–H and O–H groups in total. The summed E-state index contributed by atoms with van der Waals surface area (Å²) >= 11 is 1.86. The van der Waals surface area contributed by atoms with Crippen molar-refractivity contribution in [3.05, 3.63) is 146 Å². The SMILES string of the molecule is c1ccc(-c2c(-c3ccc(-c4cccc(-c5ccc6c(c5)sc5ccccc56)c4)cc3)nc3ccccn23)cc1. The van der Waals surface area contributed by atoms with Gasteiger partial charge >= 0.3 is 0 Å². The molecule has 3 heterocycles. The average molecular weight is 529 g/mol. The highest BCUT2D eigenvalue weighted by Crippen LogP contribution is 2.38. The monoisotopic (exact) mass is 528 g/mol. The fraction of sp³-hybridized carbons (Fsp3) is 0. The second kappa shape index (κ2) is 9.33. The predicted molar refractivity (Wildman–Crippen MR) is 170 cm³/mol. The van der Waals surface area contributed by atoms with Crippen LogP contribution in [0.2, 0.25) is 0 Å². The van der Waals surface area contributed by atoms with Gasteiger partial charge in [-0.1, -0.05) is 109 Å². The minimum Gasteiger partial charge on any atom is -0.299 e. The molecule has 0 bridgehead atoms. The summed E-state index contributed by atoms with van der Waals surface area (Å²) in [6.45, 7) is 0. The van der Waals surface area contributed by atoms with Crippen LogP contribution in [0.5, 0.6) is 0 Å². The zero-order valence-corrected chi connectivity index (χ0v) is 22.5. The zero-order chi connectivity index (χ0) is 26.5. The van der Waals surface area contributed by atoms with E-state index in [9.17, 15) is 0 Å². The average Bonchev–Trinajstić information content (AvgIpc) is 3.60. The Morgan fingerprint density at radius 2 is 1.10 bits per heavy atom. The van der Waals surface area contributed by atoms with Crippen molar-refractivity contribution in [3.8, 4) is 44.8 Å². The molecular weight excluding hydrogens is 504 g/mol. The highest BCUT2D eigenvalue weighted by molar-refractivity contribution is 7.25. The normalized spacial score (nSPS) is 11.5. The van der Waals surface area contributed by atoms with Crippen molar-refractivity contribution in [2.75, 3.05) is 0 Å². The van der Waals surface area contributed by atoms with E-state index in [1.165, 1.54) is 42.4 Å². The number of hydrogen-bond donors (Lipinski definition) is 0. The number of pyridine rings is 1. The van der Waals surface area contributed by atoms with Crippen molar-refractivity contribution in [3.63, 3.8) is 0 Å². The van der Waals surface area contributed by atoms with Gasteiger partial charge in [0.2, 0.25) is 0 Å². The Balaban J connectivity index is 1.17. The van der Waals surface area contributed by atoms with Crippen molar-refractivity contribution < 1.29 is 0 Å². The van der Waals surface area contributed by atoms with Crippen LogP contribution in [-0.2, 0) is 0 Å². The van der Waals surface area contributed by atoms with Gasteiger partial charge in [-0.15, -0.1) is 11.3 Å². The molecule has 3 aromatic heterocycles. The molecule has 0 unspecified atom stereocenters. The van der Waals surface area contributed by atoms with E-state index in [1.807, 2.05) is 17.4 Å². The molecule has 0 aliphatic carbocycles. The number of imidazole rings is 1. The van der Waals surface area contributed by atoms with Gasteiger partial charge in [0.05, 0.1) is 11.4 Å². The fourth-order valence-corrected chi connectivity index (χ4v) is 6.82. The molecule has 0 aliphatic heterocycles. The second-order valence-corrected chi connectivity index (χ2v) is 11.2. The molecule has 3 heteroatoms. The summed E-state index contributed by atoms with van der Waals surface area (Å²) in [6.07, 6.45) is 2.09. The Labute approximate surface area is 236 Å². The van der Waals surface area contributed by atoms with Crippen LogP contribution in [0.25, 0.3) is 70.6 Å². The Morgan fingerprint density at radius 3 is 1.98 bits per heavy atom. The molecule has 0 amide bonds. The van der Waals surface area contributed by atoms with E-state index in [2.05, 4.69) is 144 Å². The van der Waals surface area contributed by atoms with Crippen LogP contribution in [0.3, 0.4) is 0 Å². The number of rotatable bonds is 4. The molecular formula is C37H24N2S. The summed E-state index contributed by atoms with van der Waals surface area (Å²) in [4.78, 5) is 5.02. The molecule has 188 valence electrons. The highest BCUT2D eigenvalue weighted by Gasteiger charge is 2.16. The third-order valence-corrected chi connectivity index (χ3v) is 8.78. The summed E-state index contributed by atoms with van der Waals surface area (Å²) in [7, 11) is 0. The summed E-state index contributed by atoms with van der Waals surface area (Å²) < 4.78 is 4.84. The van der Waals surface area contributed by atoms with Crippen LogP contribution in [-0.4, -0.2) is 9.38 Å². The molecule has 0 saturated heterocycles. The van der Waals surface area contributed by atoms with Gasteiger partial charge in [-0.3, -0.25) is 4.40 Å². The number of benzene rings is 5. The lowest BCUT2D eigenvalue weighted by Gasteiger charge is -2.09. The Morgan fingerprint density at radius 1 is 0.450 bits per heavy atom. The smallest absolute Gasteiger partial charge is 0.137 e. The summed E-state index contributed by atoms with van der Waals surface area (Å²) in [5, 5.41) is 2.67. The predicted octanol–water partition coefficient (Wildman–Crippen LogP) is 10.4. The maximum atomic E-state index is 5.02. The van der Waals surface area contributed by atoms with Crippen molar-refractivity contribution in [1.29, 1.82) is 0 Å². The first-order valence-corrected chi connectivity index (χ1v) is 14.3. The van der Waals surface area contributed by atoms with Gasteiger partial charge in [0.15, 0.2) is 0 Å².